The van der Waals surface area contributed by atoms with Crippen LogP contribution in [0.3, 0.4) is 0 Å². The van der Waals surface area contributed by atoms with Gasteiger partial charge in [0.05, 0.1) is 29.7 Å². The third kappa shape index (κ3) is 3.81. The number of fused-ring (bicyclic) bond motifs is 1. The van der Waals surface area contributed by atoms with Crippen molar-refractivity contribution in [3.05, 3.63) is 71.4 Å². The van der Waals surface area contributed by atoms with Gasteiger partial charge < -0.3 is 25.2 Å². The summed E-state index contributed by atoms with van der Waals surface area (Å²) in [4.78, 5) is 37.9. The molecule has 2 aromatic rings. The van der Waals surface area contributed by atoms with Gasteiger partial charge in [0.15, 0.2) is 0 Å². The Balaban J connectivity index is 0.00000256. The molecule has 0 aliphatic carbocycles. The van der Waals surface area contributed by atoms with Gasteiger partial charge in [0.25, 0.3) is 5.91 Å². The maximum absolute atomic E-state index is 12.6. The monoisotopic (exact) mass is 414 g/mol. The van der Waals surface area contributed by atoms with Crippen molar-refractivity contribution in [2.45, 2.75) is 25.5 Å². The van der Waals surface area contributed by atoms with E-state index in [9.17, 15) is 24.6 Å². The first-order valence-corrected chi connectivity index (χ1v) is 9.31. The summed E-state index contributed by atoms with van der Waals surface area (Å²) in [6, 6.07) is 15.2. The van der Waals surface area contributed by atoms with E-state index in [4.69, 9.17) is 0 Å². The van der Waals surface area contributed by atoms with E-state index in [-0.39, 0.29) is 47.6 Å². The number of aliphatic hydroxyl groups is 1. The standard InChI is InChI=1S/C22H20N2O5.Na/c1-12(25)18-17-11-16(19(22(28)29)24(17)21(18)27)13-6-5-7-14(10-13)20(26)23-15-8-3-2-4-9-15;/h2-10,12,17-18,25H,11H2,1H3,(H,23,26)(H,28,29);/q;+1/p-1/t12-,17-,18-;/m1./s1. The molecule has 3 atom stereocenters. The van der Waals surface area contributed by atoms with Gasteiger partial charge in [-0.2, -0.15) is 0 Å². The van der Waals surface area contributed by atoms with Crippen LogP contribution in [0.15, 0.2) is 60.3 Å². The molecule has 2 amide bonds. The van der Waals surface area contributed by atoms with E-state index >= 15 is 0 Å². The summed E-state index contributed by atoms with van der Waals surface area (Å²) in [6.45, 7) is 1.52. The van der Waals surface area contributed by atoms with Crippen molar-refractivity contribution >= 4 is 29.0 Å². The summed E-state index contributed by atoms with van der Waals surface area (Å²) >= 11 is 0. The van der Waals surface area contributed by atoms with E-state index in [0.717, 1.165) is 0 Å². The summed E-state index contributed by atoms with van der Waals surface area (Å²) in [5.74, 6) is -2.82. The maximum Gasteiger partial charge on any atom is 1.00 e. The Bertz CT molecular complexity index is 1030. The number of anilines is 1. The van der Waals surface area contributed by atoms with Gasteiger partial charge in [-0.05, 0) is 48.7 Å². The molecule has 30 heavy (non-hydrogen) atoms. The Morgan fingerprint density at radius 2 is 1.87 bits per heavy atom. The van der Waals surface area contributed by atoms with Crippen molar-refractivity contribution in [3.8, 4) is 0 Å². The minimum atomic E-state index is -1.45. The fourth-order valence-electron chi connectivity index (χ4n) is 4.09. The van der Waals surface area contributed by atoms with Crippen LogP contribution < -0.4 is 40.0 Å². The maximum atomic E-state index is 12.6. The van der Waals surface area contributed by atoms with Crippen LogP contribution in [-0.2, 0) is 9.59 Å². The first kappa shape index (κ1) is 22.2. The number of nitrogens with one attached hydrogen (secondary N) is 1. The molecule has 0 bridgehead atoms. The second-order valence-electron chi connectivity index (χ2n) is 7.26. The molecule has 1 saturated heterocycles. The summed E-state index contributed by atoms with van der Waals surface area (Å²) < 4.78 is 0. The number of hydrogen-bond donors (Lipinski definition) is 2. The number of amides is 2. The third-order valence-corrected chi connectivity index (χ3v) is 5.43. The summed E-state index contributed by atoms with van der Waals surface area (Å²) in [5.41, 5.74) is 1.80. The van der Waals surface area contributed by atoms with Crippen LogP contribution >= 0.6 is 0 Å². The topological polar surface area (TPSA) is 110 Å². The van der Waals surface area contributed by atoms with E-state index in [0.29, 0.717) is 22.4 Å². The second kappa shape index (κ2) is 8.73. The van der Waals surface area contributed by atoms with Crippen molar-refractivity contribution in [1.29, 1.82) is 0 Å². The molecule has 4 rings (SSSR count). The number of para-hydroxylation sites is 1. The van der Waals surface area contributed by atoms with E-state index in [2.05, 4.69) is 5.32 Å². The number of carbonyl (C=O) groups excluding carboxylic acids is 3. The van der Waals surface area contributed by atoms with Crippen molar-refractivity contribution in [3.63, 3.8) is 0 Å². The largest absolute Gasteiger partial charge is 1.00 e. The number of carboxylic acid groups (broad SMARTS) is 1. The predicted molar refractivity (Wildman–Crippen MR) is 103 cm³/mol. The molecule has 0 saturated carbocycles. The molecule has 2 aliphatic heterocycles. The van der Waals surface area contributed by atoms with E-state index in [1.165, 1.54) is 11.8 Å². The normalized spacial score (nSPS) is 20.7. The number of aliphatic carboxylic acids is 1. The Kier molecular flexibility index (Phi) is 6.47. The van der Waals surface area contributed by atoms with Crippen LogP contribution in [0.1, 0.15) is 29.3 Å². The molecule has 0 unspecified atom stereocenters. The van der Waals surface area contributed by atoms with Crippen molar-refractivity contribution in [2.24, 2.45) is 5.92 Å². The van der Waals surface area contributed by atoms with Crippen molar-refractivity contribution < 1.29 is 54.2 Å². The molecular formula is C22H19N2NaO5. The van der Waals surface area contributed by atoms with Crippen LogP contribution in [0, 0.1) is 5.92 Å². The predicted octanol–water partition coefficient (Wildman–Crippen LogP) is -1.98. The SMILES string of the molecule is C[C@@H](O)[C@H]1C(=O)N2C(C(=O)[O-])=C(c3cccc(C(=O)Nc4ccccc4)c3)C[C@H]12.[Na+]. The van der Waals surface area contributed by atoms with Gasteiger partial charge in [-0.25, -0.2) is 0 Å². The molecule has 0 spiro atoms. The number of carbonyl (C=O) groups is 3. The number of nitrogens with zero attached hydrogens (tertiary/aromatic N) is 1. The number of rotatable bonds is 5. The molecule has 2 heterocycles. The third-order valence-electron chi connectivity index (χ3n) is 5.43. The molecule has 148 valence electrons. The van der Waals surface area contributed by atoms with Crippen LogP contribution in [-0.4, -0.2) is 39.9 Å². The number of benzene rings is 2. The average Bonchev–Trinajstić information content (AvgIpc) is 3.04. The van der Waals surface area contributed by atoms with Crippen LogP contribution in [0.2, 0.25) is 0 Å². The van der Waals surface area contributed by atoms with Gasteiger partial charge >= 0.3 is 29.6 Å². The Morgan fingerprint density at radius 1 is 1.17 bits per heavy atom. The molecule has 0 aromatic heterocycles. The minimum Gasteiger partial charge on any atom is -0.543 e. The molecule has 1 fully saturated rings. The Hall–Kier alpha value is -2.45. The molecule has 7 nitrogen and oxygen atoms in total. The fraction of sp³-hybridized carbons (Fsp3) is 0.227. The average molecular weight is 414 g/mol. The number of aliphatic hydroxyl groups excluding tert-OH is 1. The summed E-state index contributed by atoms with van der Waals surface area (Å²) in [6.07, 6.45) is -0.580. The molecule has 8 heteroatoms. The van der Waals surface area contributed by atoms with Crippen molar-refractivity contribution in [1.82, 2.24) is 4.90 Å². The van der Waals surface area contributed by atoms with Gasteiger partial charge in [-0.1, -0.05) is 30.3 Å². The Morgan fingerprint density at radius 3 is 2.50 bits per heavy atom. The molecule has 2 aliphatic rings. The van der Waals surface area contributed by atoms with Crippen molar-refractivity contribution in [2.75, 3.05) is 5.32 Å². The number of hydrogen-bond acceptors (Lipinski definition) is 5. The van der Waals surface area contributed by atoms with Crippen LogP contribution in [0.4, 0.5) is 5.69 Å². The van der Waals surface area contributed by atoms with Gasteiger partial charge in [0.1, 0.15) is 0 Å². The quantitative estimate of drug-likeness (QED) is 0.435. The van der Waals surface area contributed by atoms with E-state index in [1.54, 1.807) is 48.5 Å². The van der Waals surface area contributed by atoms with Gasteiger partial charge in [-0.15, -0.1) is 0 Å². The second-order valence-corrected chi connectivity index (χ2v) is 7.26. The summed E-state index contributed by atoms with van der Waals surface area (Å²) in [7, 11) is 0. The van der Waals surface area contributed by atoms with Gasteiger partial charge in [-0.3, -0.25) is 9.59 Å². The Labute approximate surface area is 195 Å². The van der Waals surface area contributed by atoms with Crippen LogP contribution in [0.25, 0.3) is 5.57 Å². The molecule has 2 aromatic carbocycles. The molecule has 0 radical (unpaired) electrons. The molecular weight excluding hydrogens is 395 g/mol. The molecule has 2 N–H and O–H groups in total. The van der Waals surface area contributed by atoms with Gasteiger partial charge in [0, 0.05) is 11.3 Å². The van der Waals surface area contributed by atoms with E-state index in [1.807, 2.05) is 6.07 Å². The first-order chi connectivity index (χ1) is 13.9. The first-order valence-electron chi connectivity index (χ1n) is 9.31. The van der Waals surface area contributed by atoms with Crippen LogP contribution in [0.5, 0.6) is 0 Å². The zero-order valence-electron chi connectivity index (χ0n) is 16.7. The number of β-lactam (4-membered cyclic amide) rings is 1. The minimum absolute atomic E-state index is 0. The summed E-state index contributed by atoms with van der Waals surface area (Å²) in [5, 5.41) is 24.4. The van der Waals surface area contributed by atoms with Gasteiger partial charge in [0.2, 0.25) is 5.91 Å². The zero-order chi connectivity index (χ0) is 20.7. The number of carboxylic acids is 1. The smallest absolute Gasteiger partial charge is 0.543 e. The van der Waals surface area contributed by atoms with E-state index < -0.39 is 29.9 Å². The zero-order valence-corrected chi connectivity index (χ0v) is 18.7. The fourth-order valence-corrected chi connectivity index (χ4v) is 4.09.